The Bertz CT molecular complexity index is 349. The van der Waals surface area contributed by atoms with Crippen LogP contribution in [0.2, 0.25) is 0 Å². The Hall–Kier alpha value is -1.02. The topological polar surface area (TPSA) is 23.5 Å². The van der Waals surface area contributed by atoms with E-state index in [0.717, 1.165) is 19.4 Å². The van der Waals surface area contributed by atoms with Crippen molar-refractivity contribution >= 4 is 5.69 Å². The van der Waals surface area contributed by atoms with Crippen molar-refractivity contribution in [3.05, 3.63) is 29.3 Å². The van der Waals surface area contributed by atoms with Crippen molar-refractivity contribution in [3.8, 4) is 0 Å². The Labute approximate surface area is 97.9 Å². The number of rotatable bonds is 3. The molecule has 0 aromatic heterocycles. The fourth-order valence-electron chi connectivity index (χ4n) is 2.58. The Morgan fingerprint density at radius 3 is 3.00 bits per heavy atom. The monoisotopic (exact) mass is 219 g/mol. The molecule has 2 heteroatoms. The number of hydrogen-bond acceptors (Lipinski definition) is 2. The summed E-state index contributed by atoms with van der Waals surface area (Å²) in [6.07, 6.45) is 5.63. The molecule has 0 amide bonds. The Morgan fingerprint density at radius 1 is 1.31 bits per heavy atom. The van der Waals surface area contributed by atoms with Crippen LogP contribution in [0.1, 0.15) is 30.4 Å². The summed E-state index contributed by atoms with van der Waals surface area (Å²) in [5.74, 6) is 0. The van der Waals surface area contributed by atoms with Crippen LogP contribution in [0.5, 0.6) is 0 Å². The van der Waals surface area contributed by atoms with Gasteiger partial charge >= 0.3 is 0 Å². The van der Waals surface area contributed by atoms with Crippen LogP contribution in [0.3, 0.4) is 0 Å². The van der Waals surface area contributed by atoms with Gasteiger partial charge in [0.2, 0.25) is 0 Å². The molecule has 1 N–H and O–H groups in total. The van der Waals surface area contributed by atoms with Crippen LogP contribution < -0.4 is 4.90 Å². The first kappa shape index (κ1) is 11.5. The summed E-state index contributed by atoms with van der Waals surface area (Å²) in [7, 11) is 2.19. The third-order valence-electron chi connectivity index (χ3n) is 3.38. The van der Waals surface area contributed by atoms with Crippen LogP contribution in [-0.2, 0) is 12.8 Å². The lowest BCUT2D eigenvalue weighted by Crippen LogP contribution is -2.19. The summed E-state index contributed by atoms with van der Waals surface area (Å²) in [5.41, 5.74) is 4.31. The highest BCUT2D eigenvalue weighted by atomic mass is 16.2. The van der Waals surface area contributed by atoms with Gasteiger partial charge in [0.1, 0.15) is 0 Å². The van der Waals surface area contributed by atoms with Crippen LogP contribution in [0.15, 0.2) is 18.2 Å². The zero-order chi connectivity index (χ0) is 11.4. The molecule has 16 heavy (non-hydrogen) atoms. The van der Waals surface area contributed by atoms with E-state index in [-0.39, 0.29) is 6.61 Å². The largest absolute Gasteiger partial charge is 0.396 e. The molecule has 0 saturated heterocycles. The van der Waals surface area contributed by atoms with E-state index >= 15 is 0 Å². The Balaban J connectivity index is 2.31. The average Bonchev–Trinajstić information content (AvgIpc) is 2.49. The van der Waals surface area contributed by atoms with Crippen molar-refractivity contribution in [2.45, 2.75) is 32.1 Å². The first-order valence-corrected chi connectivity index (χ1v) is 6.25. The average molecular weight is 219 g/mol. The van der Waals surface area contributed by atoms with E-state index in [1.54, 1.807) is 0 Å². The van der Waals surface area contributed by atoms with Crippen molar-refractivity contribution < 1.29 is 5.11 Å². The molecule has 1 aromatic carbocycles. The highest BCUT2D eigenvalue weighted by Gasteiger charge is 2.15. The number of para-hydroxylation sites is 1. The maximum absolute atomic E-state index is 8.94. The van der Waals surface area contributed by atoms with Crippen LogP contribution >= 0.6 is 0 Å². The van der Waals surface area contributed by atoms with E-state index in [2.05, 4.69) is 30.1 Å². The molecule has 88 valence electrons. The molecule has 0 spiro atoms. The second-order valence-corrected chi connectivity index (χ2v) is 4.63. The molecule has 2 rings (SSSR count). The summed E-state index contributed by atoms with van der Waals surface area (Å²) in [6.45, 7) is 1.44. The highest BCUT2D eigenvalue weighted by molar-refractivity contribution is 5.60. The number of benzene rings is 1. The second kappa shape index (κ2) is 5.35. The Morgan fingerprint density at radius 2 is 2.19 bits per heavy atom. The summed E-state index contributed by atoms with van der Waals surface area (Å²) in [6, 6.07) is 6.61. The Kier molecular flexibility index (Phi) is 3.83. The van der Waals surface area contributed by atoms with Gasteiger partial charge < -0.3 is 10.0 Å². The van der Waals surface area contributed by atoms with Crippen molar-refractivity contribution in [1.29, 1.82) is 0 Å². The van der Waals surface area contributed by atoms with Crippen LogP contribution in [0.4, 0.5) is 5.69 Å². The molecule has 0 atom stereocenters. The smallest absolute Gasteiger partial charge is 0.0434 e. The second-order valence-electron chi connectivity index (χ2n) is 4.63. The van der Waals surface area contributed by atoms with Gasteiger partial charge in [-0.15, -0.1) is 0 Å². The van der Waals surface area contributed by atoms with Crippen LogP contribution in [-0.4, -0.2) is 25.3 Å². The van der Waals surface area contributed by atoms with Crippen LogP contribution in [0.25, 0.3) is 0 Å². The summed E-state index contributed by atoms with van der Waals surface area (Å²) < 4.78 is 0. The molecule has 0 aliphatic carbocycles. The van der Waals surface area contributed by atoms with Gasteiger partial charge in [-0.25, -0.2) is 0 Å². The lowest BCUT2D eigenvalue weighted by Gasteiger charge is -2.23. The fourth-order valence-corrected chi connectivity index (χ4v) is 2.58. The van der Waals surface area contributed by atoms with Crippen molar-refractivity contribution in [2.24, 2.45) is 0 Å². The number of anilines is 1. The third kappa shape index (κ3) is 2.38. The predicted molar refractivity (Wildman–Crippen MR) is 68.1 cm³/mol. The maximum Gasteiger partial charge on any atom is 0.0434 e. The van der Waals surface area contributed by atoms with E-state index in [1.165, 1.54) is 36.1 Å². The molecule has 1 aromatic rings. The first-order chi connectivity index (χ1) is 7.83. The van der Waals surface area contributed by atoms with Gasteiger partial charge in [-0.2, -0.15) is 0 Å². The number of fused-ring (bicyclic) bond motifs is 1. The molecular weight excluding hydrogens is 198 g/mol. The van der Waals surface area contributed by atoms with Gasteiger partial charge in [0.25, 0.3) is 0 Å². The zero-order valence-electron chi connectivity index (χ0n) is 10.1. The number of aliphatic hydroxyl groups excluding tert-OH is 1. The molecule has 1 aliphatic heterocycles. The minimum absolute atomic E-state index is 0.285. The number of hydrogen-bond donors (Lipinski definition) is 1. The van der Waals surface area contributed by atoms with Crippen molar-refractivity contribution in [2.75, 3.05) is 25.1 Å². The molecule has 2 nitrogen and oxygen atoms in total. The molecular formula is C14H21NO. The molecule has 1 heterocycles. The molecule has 1 aliphatic rings. The molecule has 0 unspecified atom stereocenters. The minimum Gasteiger partial charge on any atom is -0.396 e. The van der Waals surface area contributed by atoms with Crippen molar-refractivity contribution in [3.63, 3.8) is 0 Å². The number of aryl methyl sites for hydroxylation is 2. The van der Waals surface area contributed by atoms with Crippen LogP contribution in [0, 0.1) is 0 Å². The fraction of sp³-hybridized carbons (Fsp3) is 0.571. The molecule has 0 fully saturated rings. The lowest BCUT2D eigenvalue weighted by molar-refractivity contribution is 0.288. The predicted octanol–water partition coefficient (Wildman–Crippen LogP) is 2.38. The first-order valence-electron chi connectivity index (χ1n) is 6.25. The van der Waals surface area contributed by atoms with Gasteiger partial charge in [-0.05, 0) is 43.2 Å². The quantitative estimate of drug-likeness (QED) is 0.843. The van der Waals surface area contributed by atoms with Crippen molar-refractivity contribution in [1.82, 2.24) is 0 Å². The third-order valence-corrected chi connectivity index (χ3v) is 3.38. The normalized spacial score (nSPS) is 15.8. The van der Waals surface area contributed by atoms with E-state index < -0.39 is 0 Å². The lowest BCUT2D eigenvalue weighted by atomic mass is 10.0. The van der Waals surface area contributed by atoms with Gasteiger partial charge in [0, 0.05) is 25.9 Å². The van der Waals surface area contributed by atoms with E-state index in [1.807, 2.05) is 0 Å². The van der Waals surface area contributed by atoms with Gasteiger partial charge in [0.05, 0.1) is 0 Å². The number of nitrogens with zero attached hydrogens (tertiary/aromatic N) is 1. The van der Waals surface area contributed by atoms with Gasteiger partial charge in [-0.3, -0.25) is 0 Å². The van der Waals surface area contributed by atoms with E-state index in [0.29, 0.717) is 0 Å². The van der Waals surface area contributed by atoms with E-state index in [9.17, 15) is 0 Å². The van der Waals surface area contributed by atoms with Gasteiger partial charge in [-0.1, -0.05) is 18.2 Å². The summed E-state index contributed by atoms with van der Waals surface area (Å²) in [4.78, 5) is 2.38. The molecule has 0 saturated carbocycles. The molecule has 0 bridgehead atoms. The van der Waals surface area contributed by atoms with E-state index in [4.69, 9.17) is 5.11 Å². The zero-order valence-corrected chi connectivity index (χ0v) is 10.1. The SMILES string of the molecule is CN1CCCCc2cccc(CCCO)c21. The molecule has 0 radical (unpaired) electrons. The maximum atomic E-state index is 8.94. The van der Waals surface area contributed by atoms with Gasteiger partial charge in [0.15, 0.2) is 0 Å². The number of aliphatic hydroxyl groups is 1. The minimum atomic E-state index is 0.285. The standard InChI is InChI=1S/C14H21NO/c1-15-10-3-2-6-12-7-4-8-13(14(12)15)9-5-11-16/h4,7-8,16H,2-3,5-6,9-11H2,1H3. The summed E-state index contributed by atoms with van der Waals surface area (Å²) in [5, 5.41) is 8.94. The summed E-state index contributed by atoms with van der Waals surface area (Å²) >= 11 is 0. The highest BCUT2D eigenvalue weighted by Crippen LogP contribution is 2.29.